The second kappa shape index (κ2) is 10.1. The van der Waals surface area contributed by atoms with Crippen molar-refractivity contribution in [3.63, 3.8) is 0 Å². The quantitative estimate of drug-likeness (QED) is 0.399. The second-order valence-electron chi connectivity index (χ2n) is 5.52. The molecule has 0 aliphatic rings. The Kier molecular flexibility index (Phi) is 8.14. The van der Waals surface area contributed by atoms with Crippen LogP contribution in [-0.4, -0.2) is 48.3 Å². The minimum absolute atomic E-state index is 0.00121. The molecule has 0 aliphatic carbocycles. The molecule has 1 rings (SSSR count). The van der Waals surface area contributed by atoms with Crippen molar-refractivity contribution in [3.8, 4) is 0 Å². The van der Waals surface area contributed by atoms with Gasteiger partial charge in [-0.05, 0) is 38.1 Å². The average molecular weight is 349 g/mol. The van der Waals surface area contributed by atoms with Gasteiger partial charge in [0.2, 0.25) is 0 Å². The minimum atomic E-state index is -1.19. The van der Waals surface area contributed by atoms with Crippen molar-refractivity contribution in [1.29, 1.82) is 0 Å². The van der Waals surface area contributed by atoms with Gasteiger partial charge in [-0.15, -0.1) is 6.58 Å². The Hall–Kier alpha value is -2.87. The lowest BCUT2D eigenvalue weighted by Gasteiger charge is -2.14. The molecule has 136 valence electrons. The van der Waals surface area contributed by atoms with Crippen LogP contribution < -0.4 is 16.0 Å². The van der Waals surface area contributed by atoms with Gasteiger partial charge in [0.15, 0.2) is 6.04 Å². The standard InChI is InChI=1S/C17H23N3O5/c1-4-9-25-10-14(16(22)23)20-15(21)12-5-7-13(8-6-12)19-17(24)18-11(2)3/h4-8,11,14H,1,9-10H2,2-3H3,(H,20,21)(H,22,23)(H2,18,19,24). The Labute approximate surface area is 146 Å². The van der Waals surface area contributed by atoms with Gasteiger partial charge < -0.3 is 25.8 Å². The largest absolute Gasteiger partial charge is 0.480 e. The molecule has 0 spiro atoms. The highest BCUT2D eigenvalue weighted by molar-refractivity contribution is 5.97. The predicted octanol–water partition coefficient (Wildman–Crippen LogP) is 1.60. The highest BCUT2D eigenvalue weighted by Gasteiger charge is 2.20. The number of carboxylic acids is 1. The van der Waals surface area contributed by atoms with E-state index in [9.17, 15) is 14.4 Å². The number of aliphatic carboxylic acids is 1. The third-order valence-corrected chi connectivity index (χ3v) is 2.95. The first-order valence-electron chi connectivity index (χ1n) is 7.73. The van der Waals surface area contributed by atoms with Gasteiger partial charge in [0.05, 0.1) is 13.2 Å². The minimum Gasteiger partial charge on any atom is -0.480 e. The van der Waals surface area contributed by atoms with E-state index in [4.69, 9.17) is 9.84 Å². The molecule has 1 unspecified atom stereocenters. The molecular formula is C17H23N3O5. The number of carboxylic acid groups (broad SMARTS) is 1. The van der Waals surface area contributed by atoms with Gasteiger partial charge in [-0.2, -0.15) is 0 Å². The predicted molar refractivity (Wildman–Crippen MR) is 93.6 cm³/mol. The molecule has 0 aromatic heterocycles. The third-order valence-electron chi connectivity index (χ3n) is 2.95. The molecule has 8 heteroatoms. The van der Waals surface area contributed by atoms with Crippen LogP contribution in [0.15, 0.2) is 36.9 Å². The molecule has 3 amide bonds. The van der Waals surface area contributed by atoms with E-state index in [1.54, 1.807) is 12.1 Å². The number of benzene rings is 1. The Bertz CT molecular complexity index is 613. The van der Waals surface area contributed by atoms with Gasteiger partial charge in [-0.3, -0.25) is 4.79 Å². The van der Waals surface area contributed by atoms with Crippen molar-refractivity contribution in [2.45, 2.75) is 25.9 Å². The van der Waals surface area contributed by atoms with E-state index < -0.39 is 17.9 Å². The first kappa shape index (κ1) is 20.2. The first-order valence-corrected chi connectivity index (χ1v) is 7.73. The number of amides is 3. The monoisotopic (exact) mass is 349 g/mol. The molecule has 0 aliphatic heterocycles. The number of rotatable bonds is 9. The number of hydrogen-bond acceptors (Lipinski definition) is 4. The van der Waals surface area contributed by atoms with Crippen LogP contribution in [0, 0.1) is 0 Å². The number of carbonyl (C=O) groups is 3. The van der Waals surface area contributed by atoms with Crippen LogP contribution >= 0.6 is 0 Å². The van der Waals surface area contributed by atoms with Crippen LogP contribution in [-0.2, 0) is 9.53 Å². The molecule has 1 aromatic carbocycles. The lowest BCUT2D eigenvalue weighted by atomic mass is 10.1. The van der Waals surface area contributed by atoms with E-state index in [-0.39, 0.29) is 30.9 Å². The second-order valence-corrected chi connectivity index (χ2v) is 5.52. The molecule has 1 aromatic rings. The fraction of sp³-hybridized carbons (Fsp3) is 0.353. The summed E-state index contributed by atoms with van der Waals surface area (Å²) >= 11 is 0. The van der Waals surface area contributed by atoms with E-state index >= 15 is 0 Å². The van der Waals surface area contributed by atoms with Gasteiger partial charge in [-0.25, -0.2) is 9.59 Å². The molecule has 0 saturated carbocycles. The summed E-state index contributed by atoms with van der Waals surface area (Å²) in [4.78, 5) is 34.9. The van der Waals surface area contributed by atoms with E-state index in [2.05, 4.69) is 22.5 Å². The number of hydrogen-bond donors (Lipinski definition) is 4. The maximum Gasteiger partial charge on any atom is 0.328 e. The van der Waals surface area contributed by atoms with Gasteiger partial charge in [0, 0.05) is 17.3 Å². The summed E-state index contributed by atoms with van der Waals surface area (Å²) in [5, 5.41) is 16.8. The lowest BCUT2D eigenvalue weighted by Crippen LogP contribution is -2.44. The zero-order valence-corrected chi connectivity index (χ0v) is 14.2. The molecule has 25 heavy (non-hydrogen) atoms. The summed E-state index contributed by atoms with van der Waals surface area (Å²) in [5.41, 5.74) is 0.781. The first-order chi connectivity index (χ1) is 11.8. The summed E-state index contributed by atoms with van der Waals surface area (Å²) < 4.78 is 5.07. The number of carbonyl (C=O) groups excluding carboxylic acids is 2. The van der Waals surface area contributed by atoms with Crippen molar-refractivity contribution < 1.29 is 24.2 Å². The summed E-state index contributed by atoms with van der Waals surface area (Å²) in [6.45, 7) is 7.17. The van der Waals surface area contributed by atoms with Crippen LogP contribution in [0.5, 0.6) is 0 Å². The van der Waals surface area contributed by atoms with Crippen LogP contribution in [0.4, 0.5) is 10.5 Å². The zero-order valence-electron chi connectivity index (χ0n) is 14.2. The van der Waals surface area contributed by atoms with E-state index in [1.165, 1.54) is 18.2 Å². The molecule has 0 bridgehead atoms. The third kappa shape index (κ3) is 7.49. The Morgan fingerprint density at radius 3 is 2.36 bits per heavy atom. The Morgan fingerprint density at radius 1 is 1.20 bits per heavy atom. The van der Waals surface area contributed by atoms with E-state index in [1.807, 2.05) is 13.8 Å². The van der Waals surface area contributed by atoms with Gasteiger partial charge in [0.1, 0.15) is 0 Å². The number of urea groups is 1. The van der Waals surface area contributed by atoms with Crippen molar-refractivity contribution in [3.05, 3.63) is 42.5 Å². The van der Waals surface area contributed by atoms with Crippen molar-refractivity contribution >= 4 is 23.6 Å². The molecular weight excluding hydrogens is 326 g/mol. The topological polar surface area (TPSA) is 117 Å². The number of anilines is 1. The number of ether oxygens (including phenoxy) is 1. The van der Waals surface area contributed by atoms with E-state index in [0.717, 1.165) is 0 Å². The molecule has 8 nitrogen and oxygen atoms in total. The summed E-state index contributed by atoms with van der Waals surface area (Å²) in [6.07, 6.45) is 1.49. The Balaban J connectivity index is 2.64. The van der Waals surface area contributed by atoms with Gasteiger partial charge in [0.25, 0.3) is 5.91 Å². The highest BCUT2D eigenvalue weighted by Crippen LogP contribution is 2.10. The lowest BCUT2D eigenvalue weighted by molar-refractivity contribution is -0.140. The Morgan fingerprint density at radius 2 is 1.84 bits per heavy atom. The summed E-state index contributed by atoms with van der Waals surface area (Å²) in [7, 11) is 0. The van der Waals surface area contributed by atoms with Crippen LogP contribution in [0.25, 0.3) is 0 Å². The maximum absolute atomic E-state index is 12.1. The summed E-state index contributed by atoms with van der Waals surface area (Å²) in [6, 6.07) is 4.58. The van der Waals surface area contributed by atoms with Gasteiger partial charge in [-0.1, -0.05) is 6.08 Å². The van der Waals surface area contributed by atoms with Crippen molar-refractivity contribution in [2.75, 3.05) is 18.5 Å². The average Bonchev–Trinajstić information content (AvgIpc) is 2.53. The van der Waals surface area contributed by atoms with Crippen LogP contribution in [0.1, 0.15) is 24.2 Å². The fourth-order valence-electron chi connectivity index (χ4n) is 1.82. The zero-order chi connectivity index (χ0) is 18.8. The molecule has 1 atom stereocenters. The highest BCUT2D eigenvalue weighted by atomic mass is 16.5. The molecule has 0 radical (unpaired) electrons. The fourth-order valence-corrected chi connectivity index (χ4v) is 1.82. The molecule has 4 N–H and O–H groups in total. The van der Waals surface area contributed by atoms with E-state index in [0.29, 0.717) is 5.69 Å². The molecule has 0 heterocycles. The molecule has 0 fully saturated rings. The smallest absolute Gasteiger partial charge is 0.328 e. The molecule has 0 saturated heterocycles. The number of nitrogens with one attached hydrogen (secondary N) is 3. The summed E-state index contributed by atoms with van der Waals surface area (Å²) in [5.74, 6) is -1.74. The van der Waals surface area contributed by atoms with Crippen molar-refractivity contribution in [1.82, 2.24) is 10.6 Å². The van der Waals surface area contributed by atoms with Gasteiger partial charge >= 0.3 is 12.0 Å². The van der Waals surface area contributed by atoms with Crippen LogP contribution in [0.2, 0.25) is 0 Å². The van der Waals surface area contributed by atoms with Crippen LogP contribution in [0.3, 0.4) is 0 Å². The SMILES string of the molecule is C=CCOCC(NC(=O)c1ccc(NC(=O)NC(C)C)cc1)C(=O)O. The maximum atomic E-state index is 12.1. The normalized spacial score (nSPS) is 11.5. The van der Waals surface area contributed by atoms with Crippen molar-refractivity contribution in [2.24, 2.45) is 0 Å².